The Kier molecular flexibility index (Phi) is 11.1. The lowest BCUT2D eigenvalue weighted by Gasteiger charge is -2.21. The predicted molar refractivity (Wildman–Crippen MR) is 159 cm³/mol. The largest absolute Gasteiger partial charge is 0.496 e. The number of hydrogen-bond acceptors (Lipinski definition) is 13. The lowest BCUT2D eigenvalue weighted by molar-refractivity contribution is -0.195. The summed E-state index contributed by atoms with van der Waals surface area (Å²) >= 11 is 0.890. The van der Waals surface area contributed by atoms with Crippen LogP contribution < -0.4 is 28.5 Å². The van der Waals surface area contributed by atoms with Crippen molar-refractivity contribution in [2.75, 3.05) is 33.3 Å². The molecule has 0 aliphatic heterocycles. The Morgan fingerprint density at radius 2 is 1.45 bits per heavy atom. The number of allylic oxidation sites excluding steroid dienone is 1. The number of ether oxygens (including phenoxy) is 3. The van der Waals surface area contributed by atoms with Crippen LogP contribution in [0.3, 0.4) is 0 Å². The molecule has 0 saturated carbocycles. The number of rotatable bonds is 14. The first-order chi connectivity index (χ1) is 19.8. The predicted octanol–water partition coefficient (Wildman–Crippen LogP) is 4.89. The topological polar surface area (TPSA) is 159 Å². The molecule has 42 heavy (non-hydrogen) atoms. The fourth-order valence-corrected chi connectivity index (χ4v) is 5.04. The summed E-state index contributed by atoms with van der Waals surface area (Å²) < 4.78 is 81.5. The zero-order valence-electron chi connectivity index (χ0n) is 23.7. The second kappa shape index (κ2) is 14.1. The van der Waals surface area contributed by atoms with E-state index in [1.165, 1.54) is 26.4 Å². The van der Waals surface area contributed by atoms with Gasteiger partial charge in [-0.3, -0.25) is 0 Å². The van der Waals surface area contributed by atoms with Gasteiger partial charge in [0.25, 0.3) is 0 Å². The number of hydrogen-bond donors (Lipinski definition) is 1. The van der Waals surface area contributed by atoms with Crippen LogP contribution in [0.15, 0.2) is 65.1 Å². The quantitative estimate of drug-likeness (QED) is 0.0834. The molecule has 0 atom stereocenters. The summed E-state index contributed by atoms with van der Waals surface area (Å²) in [6.45, 7) is 3.95. The maximum absolute atomic E-state index is 12.4. The van der Waals surface area contributed by atoms with Crippen molar-refractivity contribution in [3.05, 3.63) is 60.2 Å². The molecule has 0 spiro atoms. The van der Waals surface area contributed by atoms with Gasteiger partial charge in [-0.1, -0.05) is 23.8 Å². The fraction of sp³-hybridized carbons (Fsp3) is 0.259. The van der Waals surface area contributed by atoms with E-state index in [9.17, 15) is 16.8 Å². The summed E-state index contributed by atoms with van der Waals surface area (Å²) in [6.07, 6.45) is 3.60. The summed E-state index contributed by atoms with van der Waals surface area (Å²) in [6, 6.07) is 13.0. The Morgan fingerprint density at radius 3 is 2.00 bits per heavy atom. The molecule has 3 aromatic rings. The number of methoxy groups -OCH3 is 2. The van der Waals surface area contributed by atoms with Gasteiger partial charge in [0.15, 0.2) is 23.0 Å². The molecule has 0 unspecified atom stereocenters. The van der Waals surface area contributed by atoms with Crippen molar-refractivity contribution < 1.29 is 48.7 Å². The van der Waals surface area contributed by atoms with Crippen molar-refractivity contribution in [1.29, 1.82) is 0 Å². The molecule has 0 heterocycles. The molecule has 0 aromatic heterocycles. The summed E-state index contributed by atoms with van der Waals surface area (Å²) in [5.41, 5.74) is 2.53. The zero-order valence-corrected chi connectivity index (χ0v) is 26.1. The Balaban J connectivity index is 2.28. The lowest BCUT2D eigenvalue weighted by atomic mass is 9.96. The van der Waals surface area contributed by atoms with E-state index in [-0.39, 0.29) is 40.9 Å². The Bertz CT molecular complexity index is 1650. The molecular formula is C27H31NO11S3. The fourth-order valence-electron chi connectivity index (χ4n) is 3.76. The standard InChI is InChI=1S/C27H31NO11S3/c1-17(2)13-14-35-22-12-9-19(15-23(22)36-41(5,29)30)25-24(33-3)16-21(26(34-4)27(25)37-42(6,31)32)18-7-10-20(11-8-18)40-39-38-28/h7-13,15-16H,14,28H2,1-6H3. The van der Waals surface area contributed by atoms with E-state index in [1.54, 1.807) is 36.4 Å². The van der Waals surface area contributed by atoms with Gasteiger partial charge in [-0.15, -0.1) is 9.32 Å². The third kappa shape index (κ3) is 9.01. The second-order valence-electron chi connectivity index (χ2n) is 8.96. The van der Waals surface area contributed by atoms with Gasteiger partial charge in [-0.25, -0.2) is 0 Å². The molecule has 12 nitrogen and oxygen atoms in total. The summed E-state index contributed by atoms with van der Waals surface area (Å²) in [5.74, 6) is 5.01. The Labute approximate surface area is 249 Å². The second-order valence-corrected chi connectivity index (χ2v) is 12.9. The maximum atomic E-state index is 12.4. The van der Waals surface area contributed by atoms with Gasteiger partial charge in [0.05, 0.1) is 44.3 Å². The highest BCUT2D eigenvalue weighted by Crippen LogP contribution is 2.51. The third-order valence-corrected chi connectivity index (χ3v) is 6.96. The summed E-state index contributed by atoms with van der Waals surface area (Å²) in [4.78, 5) is 4.79. The highest BCUT2D eigenvalue weighted by Gasteiger charge is 2.27. The van der Waals surface area contributed by atoms with Gasteiger partial charge >= 0.3 is 20.2 Å². The molecule has 0 saturated heterocycles. The molecule has 0 amide bonds. The van der Waals surface area contributed by atoms with Crippen molar-refractivity contribution in [2.24, 2.45) is 5.90 Å². The van der Waals surface area contributed by atoms with Crippen molar-refractivity contribution in [1.82, 2.24) is 0 Å². The van der Waals surface area contributed by atoms with E-state index < -0.39 is 20.2 Å². The Hall–Kier alpha value is -3.47. The molecule has 228 valence electrons. The number of nitrogens with two attached hydrogens (primary N) is 1. The average molecular weight is 642 g/mol. The molecule has 0 aliphatic rings. The van der Waals surface area contributed by atoms with Gasteiger partial charge in [0.2, 0.25) is 0 Å². The van der Waals surface area contributed by atoms with Crippen molar-refractivity contribution in [2.45, 2.75) is 18.7 Å². The zero-order chi connectivity index (χ0) is 31.1. The highest BCUT2D eigenvalue weighted by molar-refractivity contribution is 7.94. The van der Waals surface area contributed by atoms with Crippen LogP contribution in [0.5, 0.6) is 28.7 Å². The molecule has 0 bridgehead atoms. The molecule has 3 aromatic carbocycles. The van der Waals surface area contributed by atoms with E-state index >= 15 is 0 Å². The van der Waals surface area contributed by atoms with Crippen LogP contribution in [-0.4, -0.2) is 50.2 Å². The van der Waals surface area contributed by atoms with Crippen LogP contribution in [0.2, 0.25) is 0 Å². The molecular weight excluding hydrogens is 610 g/mol. The molecule has 15 heteroatoms. The van der Waals surface area contributed by atoms with Gasteiger partial charge in [-0.2, -0.15) is 22.7 Å². The monoisotopic (exact) mass is 641 g/mol. The highest BCUT2D eigenvalue weighted by atomic mass is 32.2. The van der Waals surface area contributed by atoms with Gasteiger partial charge in [-0.05, 0) is 61.4 Å². The minimum atomic E-state index is -4.09. The van der Waals surface area contributed by atoms with Crippen LogP contribution >= 0.6 is 12.0 Å². The average Bonchev–Trinajstić information content (AvgIpc) is 2.90. The normalized spacial score (nSPS) is 11.5. The van der Waals surface area contributed by atoms with Crippen LogP contribution in [-0.2, 0) is 29.6 Å². The molecule has 3 rings (SSSR count). The maximum Gasteiger partial charge on any atom is 0.306 e. The van der Waals surface area contributed by atoms with Crippen molar-refractivity contribution in [3.63, 3.8) is 0 Å². The SMILES string of the molecule is COc1cc(-c2ccc(SOON)cc2)c(OC)c(OS(C)(=O)=O)c1-c1ccc(OCC=C(C)C)c(OS(C)(=O)=O)c1. The number of benzene rings is 3. The lowest BCUT2D eigenvalue weighted by Crippen LogP contribution is -2.10. The van der Waals surface area contributed by atoms with Gasteiger partial charge in [0.1, 0.15) is 12.4 Å². The van der Waals surface area contributed by atoms with E-state index in [1.807, 2.05) is 19.9 Å². The molecule has 0 fully saturated rings. The van der Waals surface area contributed by atoms with Crippen LogP contribution in [0.1, 0.15) is 13.8 Å². The van der Waals surface area contributed by atoms with E-state index in [0.29, 0.717) is 21.6 Å². The summed E-state index contributed by atoms with van der Waals surface area (Å²) in [5, 5.41) is 0. The molecule has 2 N–H and O–H groups in total. The first kappa shape index (κ1) is 33.0. The smallest absolute Gasteiger partial charge is 0.306 e. The van der Waals surface area contributed by atoms with Gasteiger partial charge in [0, 0.05) is 10.5 Å². The van der Waals surface area contributed by atoms with Crippen molar-refractivity contribution in [3.8, 4) is 51.0 Å². The van der Waals surface area contributed by atoms with E-state index in [2.05, 4.69) is 9.32 Å². The third-order valence-electron chi connectivity index (χ3n) is 5.40. The van der Waals surface area contributed by atoms with Crippen LogP contribution in [0.25, 0.3) is 22.3 Å². The van der Waals surface area contributed by atoms with E-state index in [4.69, 9.17) is 28.5 Å². The van der Waals surface area contributed by atoms with Crippen molar-refractivity contribution >= 4 is 32.3 Å². The summed E-state index contributed by atoms with van der Waals surface area (Å²) in [7, 11) is -5.29. The van der Waals surface area contributed by atoms with Crippen LogP contribution in [0.4, 0.5) is 0 Å². The minimum Gasteiger partial charge on any atom is -0.496 e. The molecule has 0 aliphatic carbocycles. The van der Waals surface area contributed by atoms with E-state index in [0.717, 1.165) is 30.1 Å². The Morgan fingerprint density at radius 1 is 0.810 bits per heavy atom. The first-order valence-corrected chi connectivity index (χ1v) is 16.4. The minimum absolute atomic E-state index is 0.0765. The first-order valence-electron chi connectivity index (χ1n) is 12.0. The van der Waals surface area contributed by atoms with Gasteiger partial charge < -0.3 is 22.6 Å². The molecule has 0 radical (unpaired) electrons. The van der Waals surface area contributed by atoms with Crippen LogP contribution in [0, 0.1) is 0 Å².